The SMILES string of the molecule is C[C@@H](c1nc2ccccc2n1Cc1ccc(F)cc1)N1CCOCC1. The van der Waals surface area contributed by atoms with Crippen molar-refractivity contribution in [2.75, 3.05) is 26.3 Å². The Bertz CT molecular complexity index is 853. The number of morpholine rings is 1. The van der Waals surface area contributed by atoms with Crippen molar-refractivity contribution >= 4 is 11.0 Å². The minimum Gasteiger partial charge on any atom is -0.379 e. The molecule has 2 heterocycles. The first-order chi connectivity index (χ1) is 12.2. The van der Waals surface area contributed by atoms with Crippen LogP contribution in [0.5, 0.6) is 0 Å². The Labute approximate surface area is 146 Å². The predicted octanol–water partition coefficient (Wildman–Crippen LogP) is 3.62. The summed E-state index contributed by atoms with van der Waals surface area (Å²) < 4.78 is 21.0. The first kappa shape index (κ1) is 16.2. The molecule has 0 N–H and O–H groups in total. The zero-order valence-corrected chi connectivity index (χ0v) is 14.4. The molecule has 1 aliphatic rings. The van der Waals surface area contributed by atoms with E-state index in [1.807, 2.05) is 30.3 Å². The standard InChI is InChI=1S/C20H22FN3O/c1-15(23-10-12-25-13-11-23)20-22-18-4-2-3-5-19(18)24(20)14-16-6-8-17(21)9-7-16/h2-9,15H,10-14H2,1H3/t15-/m0/s1. The summed E-state index contributed by atoms with van der Waals surface area (Å²) in [7, 11) is 0. The van der Waals surface area contributed by atoms with Crippen LogP contribution in [0.2, 0.25) is 0 Å². The van der Waals surface area contributed by atoms with Crippen LogP contribution in [-0.4, -0.2) is 40.8 Å². The highest BCUT2D eigenvalue weighted by Crippen LogP contribution is 2.26. The molecule has 0 aliphatic carbocycles. The van der Waals surface area contributed by atoms with Crippen molar-refractivity contribution in [3.63, 3.8) is 0 Å². The molecule has 0 radical (unpaired) electrons. The lowest BCUT2D eigenvalue weighted by atomic mass is 10.2. The maximum atomic E-state index is 13.2. The van der Waals surface area contributed by atoms with Crippen molar-refractivity contribution in [1.82, 2.24) is 14.5 Å². The number of halogens is 1. The van der Waals surface area contributed by atoms with Gasteiger partial charge in [-0.05, 0) is 36.8 Å². The van der Waals surface area contributed by atoms with Gasteiger partial charge in [-0.25, -0.2) is 9.37 Å². The van der Waals surface area contributed by atoms with E-state index in [9.17, 15) is 4.39 Å². The number of hydrogen-bond donors (Lipinski definition) is 0. The number of fused-ring (bicyclic) bond motifs is 1. The average molecular weight is 339 g/mol. The first-order valence-corrected chi connectivity index (χ1v) is 8.74. The highest BCUT2D eigenvalue weighted by atomic mass is 19.1. The van der Waals surface area contributed by atoms with Crippen LogP contribution in [0.25, 0.3) is 11.0 Å². The fraction of sp³-hybridized carbons (Fsp3) is 0.350. The van der Waals surface area contributed by atoms with E-state index in [4.69, 9.17) is 9.72 Å². The van der Waals surface area contributed by atoms with E-state index in [2.05, 4.69) is 22.5 Å². The van der Waals surface area contributed by atoms with Crippen LogP contribution >= 0.6 is 0 Å². The van der Waals surface area contributed by atoms with E-state index >= 15 is 0 Å². The topological polar surface area (TPSA) is 30.3 Å². The molecular formula is C20H22FN3O. The maximum absolute atomic E-state index is 13.2. The Morgan fingerprint density at radius 3 is 2.56 bits per heavy atom. The largest absolute Gasteiger partial charge is 0.379 e. The summed E-state index contributed by atoms with van der Waals surface area (Å²) in [6.07, 6.45) is 0. The van der Waals surface area contributed by atoms with Gasteiger partial charge in [-0.1, -0.05) is 24.3 Å². The van der Waals surface area contributed by atoms with Crippen LogP contribution in [0.1, 0.15) is 24.4 Å². The molecule has 0 spiro atoms. The molecule has 1 saturated heterocycles. The van der Waals surface area contributed by atoms with Gasteiger partial charge < -0.3 is 9.30 Å². The van der Waals surface area contributed by atoms with Crippen molar-refractivity contribution in [2.45, 2.75) is 19.5 Å². The minimum absolute atomic E-state index is 0.205. The molecule has 0 amide bonds. The van der Waals surface area contributed by atoms with Gasteiger partial charge in [0.2, 0.25) is 0 Å². The molecule has 25 heavy (non-hydrogen) atoms. The van der Waals surface area contributed by atoms with E-state index in [1.165, 1.54) is 12.1 Å². The fourth-order valence-corrected chi connectivity index (χ4v) is 3.48. The number of rotatable bonds is 4. The Balaban J connectivity index is 1.73. The van der Waals surface area contributed by atoms with Gasteiger partial charge in [0.1, 0.15) is 11.6 Å². The number of hydrogen-bond acceptors (Lipinski definition) is 3. The van der Waals surface area contributed by atoms with Crippen LogP contribution in [0, 0.1) is 5.82 Å². The molecule has 0 unspecified atom stereocenters. The summed E-state index contributed by atoms with van der Waals surface area (Å²) in [4.78, 5) is 7.32. The lowest BCUT2D eigenvalue weighted by Crippen LogP contribution is -2.39. The van der Waals surface area contributed by atoms with Crippen molar-refractivity contribution in [2.24, 2.45) is 0 Å². The van der Waals surface area contributed by atoms with Crippen molar-refractivity contribution < 1.29 is 9.13 Å². The molecular weight excluding hydrogens is 317 g/mol. The maximum Gasteiger partial charge on any atom is 0.127 e. The van der Waals surface area contributed by atoms with Crippen LogP contribution < -0.4 is 0 Å². The molecule has 1 aliphatic heterocycles. The lowest BCUT2D eigenvalue weighted by Gasteiger charge is -2.32. The second kappa shape index (κ2) is 6.94. The van der Waals surface area contributed by atoms with Crippen LogP contribution in [0.4, 0.5) is 4.39 Å². The Kier molecular flexibility index (Phi) is 4.51. The zero-order valence-electron chi connectivity index (χ0n) is 14.4. The number of imidazole rings is 1. The Morgan fingerprint density at radius 1 is 1.08 bits per heavy atom. The molecule has 1 atom stereocenters. The summed E-state index contributed by atoms with van der Waals surface area (Å²) in [6.45, 7) is 6.26. The molecule has 4 rings (SSSR count). The van der Waals surface area contributed by atoms with E-state index in [1.54, 1.807) is 0 Å². The van der Waals surface area contributed by atoms with Gasteiger partial charge in [0.15, 0.2) is 0 Å². The van der Waals surface area contributed by atoms with Crippen molar-refractivity contribution in [1.29, 1.82) is 0 Å². The lowest BCUT2D eigenvalue weighted by molar-refractivity contribution is 0.0177. The summed E-state index contributed by atoms with van der Waals surface area (Å²) in [5.41, 5.74) is 3.18. The third-order valence-corrected chi connectivity index (χ3v) is 4.91. The summed E-state index contributed by atoms with van der Waals surface area (Å²) in [5.74, 6) is 0.841. The van der Waals surface area contributed by atoms with Crippen molar-refractivity contribution in [3.8, 4) is 0 Å². The van der Waals surface area contributed by atoms with Gasteiger partial charge in [-0.15, -0.1) is 0 Å². The average Bonchev–Trinajstić information content (AvgIpc) is 3.02. The van der Waals surface area contributed by atoms with Crippen LogP contribution in [-0.2, 0) is 11.3 Å². The monoisotopic (exact) mass is 339 g/mol. The summed E-state index contributed by atoms with van der Waals surface area (Å²) in [6, 6.07) is 15.1. The van der Waals surface area contributed by atoms with Gasteiger partial charge in [0.25, 0.3) is 0 Å². The highest BCUT2D eigenvalue weighted by molar-refractivity contribution is 5.76. The molecule has 2 aromatic carbocycles. The number of nitrogens with zero attached hydrogens (tertiary/aromatic N) is 3. The molecule has 1 fully saturated rings. The summed E-state index contributed by atoms with van der Waals surface area (Å²) in [5, 5.41) is 0. The smallest absolute Gasteiger partial charge is 0.127 e. The van der Waals surface area contributed by atoms with Crippen LogP contribution in [0.15, 0.2) is 48.5 Å². The fourth-order valence-electron chi connectivity index (χ4n) is 3.48. The third kappa shape index (κ3) is 3.30. The molecule has 5 heteroatoms. The quantitative estimate of drug-likeness (QED) is 0.727. The number of ether oxygens (including phenoxy) is 1. The Hall–Kier alpha value is -2.24. The molecule has 3 aromatic rings. The van der Waals surface area contributed by atoms with E-state index in [-0.39, 0.29) is 11.9 Å². The normalized spacial score (nSPS) is 17.0. The van der Waals surface area contributed by atoms with E-state index in [0.717, 1.165) is 48.7 Å². The summed E-state index contributed by atoms with van der Waals surface area (Å²) >= 11 is 0. The predicted molar refractivity (Wildman–Crippen MR) is 96.0 cm³/mol. The minimum atomic E-state index is -0.207. The number of aromatic nitrogens is 2. The molecule has 0 saturated carbocycles. The zero-order chi connectivity index (χ0) is 17.2. The molecule has 130 valence electrons. The first-order valence-electron chi connectivity index (χ1n) is 8.74. The van der Waals surface area contributed by atoms with Gasteiger partial charge in [0, 0.05) is 19.6 Å². The highest BCUT2D eigenvalue weighted by Gasteiger charge is 2.24. The van der Waals surface area contributed by atoms with E-state index < -0.39 is 0 Å². The van der Waals surface area contributed by atoms with Gasteiger partial charge in [0.05, 0.1) is 30.3 Å². The second-order valence-electron chi connectivity index (χ2n) is 6.50. The van der Waals surface area contributed by atoms with Crippen LogP contribution in [0.3, 0.4) is 0 Å². The Morgan fingerprint density at radius 2 is 1.80 bits per heavy atom. The number of para-hydroxylation sites is 2. The van der Waals surface area contributed by atoms with Gasteiger partial charge in [-0.2, -0.15) is 0 Å². The molecule has 1 aromatic heterocycles. The molecule has 0 bridgehead atoms. The third-order valence-electron chi connectivity index (χ3n) is 4.91. The number of benzene rings is 2. The van der Waals surface area contributed by atoms with Gasteiger partial charge in [-0.3, -0.25) is 4.90 Å². The second-order valence-corrected chi connectivity index (χ2v) is 6.50. The van der Waals surface area contributed by atoms with Gasteiger partial charge >= 0.3 is 0 Å². The molecule has 4 nitrogen and oxygen atoms in total. The van der Waals surface area contributed by atoms with Crippen molar-refractivity contribution in [3.05, 3.63) is 65.7 Å². The van der Waals surface area contributed by atoms with E-state index in [0.29, 0.717) is 6.54 Å².